The van der Waals surface area contributed by atoms with Gasteiger partial charge in [-0.15, -0.1) is 0 Å². The number of hydrogen-bond acceptors (Lipinski definition) is 3. The minimum absolute atomic E-state index is 0.224. The molecule has 0 amide bonds. The van der Waals surface area contributed by atoms with Crippen LogP contribution in [0.1, 0.15) is 68.9 Å². The Morgan fingerprint density at radius 1 is 0.515 bits per heavy atom. The normalized spacial score (nSPS) is 22.2. The molecule has 3 nitrogen and oxygen atoms in total. The molecule has 0 aromatic heterocycles. The number of rotatable bonds is 4. The van der Waals surface area contributed by atoms with Gasteiger partial charge in [-0.3, -0.25) is 4.79 Å². The minimum atomic E-state index is 0.224. The van der Waals surface area contributed by atoms with Crippen molar-refractivity contribution in [3.63, 3.8) is 0 Å². The van der Waals surface area contributed by atoms with Crippen LogP contribution in [0, 0.1) is 0 Å². The molecule has 2 aromatic rings. The number of hydrogen-bond donors (Lipinski definition) is 0. The predicted octanol–water partition coefficient (Wildman–Crippen LogP) is 6.89. The third-order valence-corrected chi connectivity index (χ3v) is 7.39. The van der Waals surface area contributed by atoms with Gasteiger partial charge < -0.3 is 9.80 Å². The van der Waals surface area contributed by atoms with Crippen molar-refractivity contribution in [2.45, 2.75) is 57.8 Å². The summed E-state index contributed by atoms with van der Waals surface area (Å²) in [6, 6.07) is 17.5. The van der Waals surface area contributed by atoms with Crippen LogP contribution in [-0.2, 0) is 4.79 Å². The number of carbonyl (C=O) groups is 1. The van der Waals surface area contributed by atoms with E-state index in [2.05, 4.69) is 70.5 Å². The number of allylic oxidation sites excluding steroid dienone is 2. The zero-order valence-electron chi connectivity index (χ0n) is 19.8. The highest BCUT2D eigenvalue weighted by Crippen LogP contribution is 2.29. The number of ketones is 1. The van der Waals surface area contributed by atoms with Gasteiger partial charge in [-0.1, -0.05) is 24.3 Å². The molecule has 2 heterocycles. The van der Waals surface area contributed by atoms with Crippen molar-refractivity contribution in [1.29, 1.82) is 0 Å². The smallest absolute Gasteiger partial charge is 0.185 e. The fraction of sp³-hybridized carbons (Fsp3) is 0.433. The monoisotopic (exact) mass is 440 g/mol. The maximum absolute atomic E-state index is 13.2. The van der Waals surface area contributed by atoms with Gasteiger partial charge in [0.25, 0.3) is 0 Å². The van der Waals surface area contributed by atoms with Crippen LogP contribution in [0.15, 0.2) is 59.7 Å². The first-order valence-electron chi connectivity index (χ1n) is 12.9. The van der Waals surface area contributed by atoms with Gasteiger partial charge in [0.1, 0.15) is 0 Å². The molecular formula is C30H36N2O. The van der Waals surface area contributed by atoms with Gasteiger partial charge in [0.2, 0.25) is 0 Å². The second-order valence-electron chi connectivity index (χ2n) is 9.80. The fourth-order valence-corrected chi connectivity index (χ4v) is 5.45. The summed E-state index contributed by atoms with van der Waals surface area (Å²) in [5.41, 5.74) is 6.77. The number of benzene rings is 2. The van der Waals surface area contributed by atoms with E-state index in [0.29, 0.717) is 0 Å². The third kappa shape index (κ3) is 5.40. The van der Waals surface area contributed by atoms with Gasteiger partial charge in [-0.05, 0) is 105 Å². The Morgan fingerprint density at radius 2 is 0.909 bits per heavy atom. The molecule has 2 aromatic carbocycles. The summed E-state index contributed by atoms with van der Waals surface area (Å²) in [5.74, 6) is 0.224. The van der Waals surface area contributed by atoms with Gasteiger partial charge in [-0.2, -0.15) is 0 Å². The molecule has 2 aliphatic heterocycles. The summed E-state index contributed by atoms with van der Waals surface area (Å²) in [6.45, 7) is 4.64. The lowest BCUT2D eigenvalue weighted by Crippen LogP contribution is -2.29. The number of carbonyl (C=O) groups excluding carboxylic acids is 1. The second-order valence-corrected chi connectivity index (χ2v) is 9.80. The van der Waals surface area contributed by atoms with E-state index in [1.807, 2.05) is 0 Å². The summed E-state index contributed by atoms with van der Waals surface area (Å²) >= 11 is 0. The van der Waals surface area contributed by atoms with Gasteiger partial charge in [0.15, 0.2) is 5.78 Å². The van der Waals surface area contributed by atoms with Crippen molar-refractivity contribution in [3.8, 4) is 0 Å². The van der Waals surface area contributed by atoms with Crippen LogP contribution in [0.5, 0.6) is 0 Å². The molecule has 1 aliphatic carbocycles. The molecule has 172 valence electrons. The molecule has 3 heteroatoms. The lowest BCUT2D eigenvalue weighted by molar-refractivity contribution is -0.112. The van der Waals surface area contributed by atoms with E-state index in [-0.39, 0.29) is 5.78 Å². The van der Waals surface area contributed by atoms with Crippen molar-refractivity contribution in [2.24, 2.45) is 0 Å². The lowest BCUT2D eigenvalue weighted by Gasteiger charge is -2.28. The van der Waals surface area contributed by atoms with Crippen LogP contribution < -0.4 is 9.80 Å². The third-order valence-electron chi connectivity index (χ3n) is 7.39. The molecule has 0 atom stereocenters. The average molecular weight is 441 g/mol. The first-order valence-corrected chi connectivity index (χ1v) is 12.9. The summed E-state index contributed by atoms with van der Waals surface area (Å²) < 4.78 is 0. The maximum Gasteiger partial charge on any atom is 0.185 e. The summed E-state index contributed by atoms with van der Waals surface area (Å²) in [6.07, 6.45) is 14.8. The molecule has 0 radical (unpaired) electrons. The van der Waals surface area contributed by atoms with E-state index >= 15 is 0 Å². The van der Waals surface area contributed by atoms with Gasteiger partial charge in [0, 0.05) is 48.7 Å². The summed E-state index contributed by atoms with van der Waals surface area (Å²) in [5, 5.41) is 0. The van der Waals surface area contributed by atoms with Crippen LogP contribution in [0.3, 0.4) is 0 Å². The van der Waals surface area contributed by atoms with Crippen LogP contribution >= 0.6 is 0 Å². The highest BCUT2D eigenvalue weighted by molar-refractivity contribution is 6.14. The van der Waals surface area contributed by atoms with Crippen LogP contribution in [0.25, 0.3) is 12.2 Å². The lowest BCUT2D eigenvalue weighted by atomic mass is 9.87. The van der Waals surface area contributed by atoms with E-state index in [1.165, 1.54) is 49.9 Å². The number of Topliss-reactive ketones (excluding diaryl/α,β-unsaturated/α-hetero) is 1. The Bertz CT molecular complexity index is 923. The van der Waals surface area contributed by atoms with E-state index in [0.717, 1.165) is 67.7 Å². The first-order chi connectivity index (χ1) is 16.3. The van der Waals surface area contributed by atoms with Gasteiger partial charge in [-0.25, -0.2) is 0 Å². The molecule has 0 N–H and O–H groups in total. The van der Waals surface area contributed by atoms with Crippen LogP contribution in [0.4, 0.5) is 11.4 Å². The van der Waals surface area contributed by atoms with Crippen LogP contribution in [0.2, 0.25) is 0 Å². The van der Waals surface area contributed by atoms with Crippen LogP contribution in [-0.4, -0.2) is 32.0 Å². The molecule has 0 unspecified atom stereocenters. The molecule has 5 rings (SSSR count). The predicted molar refractivity (Wildman–Crippen MR) is 140 cm³/mol. The van der Waals surface area contributed by atoms with E-state index in [4.69, 9.17) is 0 Å². The van der Waals surface area contributed by atoms with E-state index < -0.39 is 0 Å². The maximum atomic E-state index is 13.2. The average Bonchev–Trinajstić information content (AvgIpc) is 2.88. The second kappa shape index (κ2) is 10.4. The topological polar surface area (TPSA) is 23.6 Å². The Balaban J connectivity index is 1.27. The minimum Gasteiger partial charge on any atom is -0.372 e. The quantitative estimate of drug-likeness (QED) is 0.484. The Morgan fingerprint density at radius 3 is 1.30 bits per heavy atom. The molecule has 0 spiro atoms. The Kier molecular flexibility index (Phi) is 6.95. The molecular weight excluding hydrogens is 404 g/mol. The largest absolute Gasteiger partial charge is 0.372 e. The SMILES string of the molecule is O=C1/C(=C\c2ccc(N3CCCCC3)cc2)CCC/C1=C\c1ccc(N2CCCCC2)cc1. The molecule has 0 bridgehead atoms. The molecule has 2 saturated heterocycles. The van der Waals surface area contributed by atoms with Crippen molar-refractivity contribution >= 4 is 29.3 Å². The molecule has 33 heavy (non-hydrogen) atoms. The van der Waals surface area contributed by atoms with Crippen molar-refractivity contribution in [1.82, 2.24) is 0 Å². The number of nitrogens with zero attached hydrogens (tertiary/aromatic N) is 2. The van der Waals surface area contributed by atoms with Gasteiger partial charge >= 0.3 is 0 Å². The molecule has 3 aliphatic rings. The van der Waals surface area contributed by atoms with E-state index in [1.54, 1.807) is 0 Å². The Labute approximate surface area is 198 Å². The first kappa shape index (κ1) is 22.0. The summed E-state index contributed by atoms with van der Waals surface area (Å²) in [4.78, 5) is 18.2. The Hall–Kier alpha value is -2.81. The van der Waals surface area contributed by atoms with Crippen molar-refractivity contribution < 1.29 is 4.79 Å². The summed E-state index contributed by atoms with van der Waals surface area (Å²) in [7, 11) is 0. The van der Waals surface area contributed by atoms with E-state index in [9.17, 15) is 4.79 Å². The zero-order valence-corrected chi connectivity index (χ0v) is 19.8. The number of piperidine rings is 2. The van der Waals surface area contributed by atoms with Gasteiger partial charge in [0.05, 0.1) is 0 Å². The van der Waals surface area contributed by atoms with Crippen molar-refractivity contribution in [3.05, 3.63) is 70.8 Å². The highest BCUT2D eigenvalue weighted by atomic mass is 16.1. The standard InChI is InChI=1S/C30H36N2O/c33-30-26(22-24-10-14-28(15-11-24)31-18-3-1-4-19-31)8-7-9-27(30)23-25-12-16-29(17-13-25)32-20-5-2-6-21-32/h10-17,22-23H,1-9,18-21H2/b26-22-,27-23+. The molecule has 3 fully saturated rings. The molecule has 1 saturated carbocycles. The highest BCUT2D eigenvalue weighted by Gasteiger charge is 2.20. The fourth-order valence-electron chi connectivity index (χ4n) is 5.45. The van der Waals surface area contributed by atoms with Crippen molar-refractivity contribution in [2.75, 3.05) is 36.0 Å². The number of anilines is 2. The zero-order chi connectivity index (χ0) is 22.5.